The summed E-state index contributed by atoms with van der Waals surface area (Å²) in [5.41, 5.74) is 6.46. The van der Waals surface area contributed by atoms with Gasteiger partial charge in [0.1, 0.15) is 5.75 Å². The number of nitrogens with zero attached hydrogens (tertiary/aromatic N) is 1. The molecule has 0 saturated heterocycles. The monoisotopic (exact) mass is 296 g/mol. The summed E-state index contributed by atoms with van der Waals surface area (Å²) in [6.07, 6.45) is 2.85. The SMILES string of the molecule is CCN(C(=O)COc1cccc(Cl)c1CCN)C1CC1. The van der Waals surface area contributed by atoms with Crippen LogP contribution in [0, 0.1) is 0 Å². The lowest BCUT2D eigenvalue weighted by Crippen LogP contribution is -2.36. The van der Waals surface area contributed by atoms with E-state index >= 15 is 0 Å². The number of carbonyl (C=O) groups excluding carboxylic acids is 1. The lowest BCUT2D eigenvalue weighted by Gasteiger charge is -2.21. The molecule has 0 aromatic heterocycles. The van der Waals surface area contributed by atoms with Crippen molar-refractivity contribution >= 4 is 17.5 Å². The van der Waals surface area contributed by atoms with E-state index in [1.165, 1.54) is 0 Å². The van der Waals surface area contributed by atoms with E-state index in [1.54, 1.807) is 0 Å². The van der Waals surface area contributed by atoms with Crippen LogP contribution in [0.5, 0.6) is 5.75 Å². The molecule has 2 N–H and O–H groups in total. The molecule has 20 heavy (non-hydrogen) atoms. The Bertz CT molecular complexity index is 475. The lowest BCUT2D eigenvalue weighted by atomic mass is 10.1. The number of halogens is 1. The molecule has 0 bridgehead atoms. The number of rotatable bonds is 7. The molecule has 1 aromatic carbocycles. The molecular formula is C15H21ClN2O2. The predicted molar refractivity (Wildman–Crippen MR) is 80.1 cm³/mol. The normalized spacial score (nSPS) is 14.2. The zero-order valence-electron chi connectivity index (χ0n) is 11.8. The largest absolute Gasteiger partial charge is 0.483 e. The average Bonchev–Trinajstić information content (AvgIpc) is 3.25. The smallest absolute Gasteiger partial charge is 0.260 e. The van der Waals surface area contributed by atoms with Crippen molar-refractivity contribution in [3.63, 3.8) is 0 Å². The molecule has 1 amide bonds. The molecule has 1 aliphatic carbocycles. The van der Waals surface area contributed by atoms with Crippen LogP contribution in [0.1, 0.15) is 25.3 Å². The summed E-state index contributed by atoms with van der Waals surface area (Å²) in [5.74, 6) is 0.692. The van der Waals surface area contributed by atoms with Crippen LogP contribution >= 0.6 is 11.6 Å². The molecule has 0 spiro atoms. The highest BCUT2D eigenvalue weighted by atomic mass is 35.5. The minimum absolute atomic E-state index is 0.0358. The molecule has 0 atom stereocenters. The second kappa shape index (κ2) is 6.95. The van der Waals surface area contributed by atoms with Gasteiger partial charge in [-0.15, -0.1) is 0 Å². The molecule has 0 unspecified atom stereocenters. The van der Waals surface area contributed by atoms with E-state index in [2.05, 4.69) is 0 Å². The highest BCUT2D eigenvalue weighted by molar-refractivity contribution is 6.31. The number of ether oxygens (including phenoxy) is 1. The van der Waals surface area contributed by atoms with Crippen molar-refractivity contribution in [1.82, 2.24) is 4.90 Å². The van der Waals surface area contributed by atoms with Gasteiger partial charge in [-0.05, 0) is 44.9 Å². The Hall–Kier alpha value is -1.26. The molecule has 1 aliphatic rings. The quantitative estimate of drug-likeness (QED) is 0.839. The van der Waals surface area contributed by atoms with Gasteiger partial charge in [-0.1, -0.05) is 17.7 Å². The average molecular weight is 297 g/mol. The van der Waals surface area contributed by atoms with Crippen LogP contribution in [0.2, 0.25) is 5.02 Å². The van der Waals surface area contributed by atoms with Crippen molar-refractivity contribution in [3.05, 3.63) is 28.8 Å². The first-order valence-corrected chi connectivity index (χ1v) is 7.44. The van der Waals surface area contributed by atoms with Gasteiger partial charge in [-0.2, -0.15) is 0 Å². The number of carbonyl (C=O) groups is 1. The Labute approximate surface area is 124 Å². The molecule has 0 aliphatic heterocycles. The fourth-order valence-electron chi connectivity index (χ4n) is 2.31. The van der Waals surface area contributed by atoms with Gasteiger partial charge in [0, 0.05) is 23.2 Å². The van der Waals surface area contributed by atoms with Crippen LogP contribution in [0.25, 0.3) is 0 Å². The van der Waals surface area contributed by atoms with Crippen molar-refractivity contribution in [2.45, 2.75) is 32.2 Å². The maximum absolute atomic E-state index is 12.1. The van der Waals surface area contributed by atoms with Gasteiger partial charge in [-0.25, -0.2) is 0 Å². The first kappa shape index (κ1) is 15.1. The van der Waals surface area contributed by atoms with Crippen LogP contribution in [-0.2, 0) is 11.2 Å². The van der Waals surface area contributed by atoms with Gasteiger partial charge < -0.3 is 15.4 Å². The Balaban J connectivity index is 1.99. The number of amides is 1. The molecule has 1 saturated carbocycles. The fraction of sp³-hybridized carbons (Fsp3) is 0.533. The maximum atomic E-state index is 12.1. The summed E-state index contributed by atoms with van der Waals surface area (Å²) in [7, 11) is 0. The van der Waals surface area contributed by atoms with Crippen LogP contribution in [0.15, 0.2) is 18.2 Å². The number of hydrogen-bond acceptors (Lipinski definition) is 3. The van der Waals surface area contributed by atoms with E-state index in [1.807, 2.05) is 30.0 Å². The molecule has 4 nitrogen and oxygen atoms in total. The van der Waals surface area contributed by atoms with Crippen LogP contribution in [0.3, 0.4) is 0 Å². The minimum atomic E-state index is 0.0358. The van der Waals surface area contributed by atoms with Gasteiger partial charge >= 0.3 is 0 Å². The Kier molecular flexibility index (Phi) is 5.26. The summed E-state index contributed by atoms with van der Waals surface area (Å²) in [6, 6.07) is 5.88. The van der Waals surface area contributed by atoms with Crippen molar-refractivity contribution in [1.29, 1.82) is 0 Å². The number of likely N-dealkylation sites (N-methyl/N-ethyl adjacent to an activating group) is 1. The lowest BCUT2D eigenvalue weighted by molar-refractivity contribution is -0.133. The van der Waals surface area contributed by atoms with Crippen molar-refractivity contribution in [2.75, 3.05) is 19.7 Å². The minimum Gasteiger partial charge on any atom is -0.483 e. The molecule has 1 aromatic rings. The predicted octanol–water partition coefficient (Wildman–Crippen LogP) is 2.23. The van der Waals surface area contributed by atoms with Gasteiger partial charge in [0.15, 0.2) is 6.61 Å². The number of hydrogen-bond donors (Lipinski definition) is 1. The highest BCUT2D eigenvalue weighted by Gasteiger charge is 2.31. The first-order valence-electron chi connectivity index (χ1n) is 7.07. The van der Waals surface area contributed by atoms with Gasteiger partial charge in [0.25, 0.3) is 5.91 Å². The third-order valence-electron chi connectivity index (χ3n) is 3.47. The van der Waals surface area contributed by atoms with Gasteiger partial charge in [0.05, 0.1) is 0 Å². The maximum Gasteiger partial charge on any atom is 0.260 e. The second-order valence-corrected chi connectivity index (χ2v) is 5.36. The van der Waals surface area contributed by atoms with E-state index in [0.29, 0.717) is 29.8 Å². The third-order valence-corrected chi connectivity index (χ3v) is 3.82. The van der Waals surface area contributed by atoms with E-state index in [-0.39, 0.29) is 12.5 Å². The van der Waals surface area contributed by atoms with E-state index in [9.17, 15) is 4.79 Å². The Morgan fingerprint density at radius 1 is 1.50 bits per heavy atom. The van der Waals surface area contributed by atoms with E-state index in [0.717, 1.165) is 24.9 Å². The summed E-state index contributed by atoms with van der Waals surface area (Å²) in [6.45, 7) is 3.28. The first-order chi connectivity index (χ1) is 9.67. The van der Waals surface area contributed by atoms with Crippen LogP contribution < -0.4 is 10.5 Å². The molecule has 0 radical (unpaired) electrons. The topological polar surface area (TPSA) is 55.6 Å². The van der Waals surface area contributed by atoms with Gasteiger partial charge in [-0.3, -0.25) is 4.79 Å². The molecule has 0 heterocycles. The van der Waals surface area contributed by atoms with Crippen molar-refractivity contribution in [2.24, 2.45) is 5.73 Å². The van der Waals surface area contributed by atoms with Crippen molar-refractivity contribution in [3.8, 4) is 5.75 Å². The van der Waals surface area contributed by atoms with Crippen LogP contribution in [0.4, 0.5) is 0 Å². The molecule has 5 heteroatoms. The third kappa shape index (κ3) is 3.64. The molecule has 1 fully saturated rings. The van der Waals surface area contributed by atoms with E-state index in [4.69, 9.17) is 22.1 Å². The number of nitrogens with two attached hydrogens (primary N) is 1. The second-order valence-electron chi connectivity index (χ2n) is 4.95. The molecular weight excluding hydrogens is 276 g/mol. The highest BCUT2D eigenvalue weighted by Crippen LogP contribution is 2.28. The molecule has 110 valence electrons. The summed E-state index contributed by atoms with van der Waals surface area (Å²) >= 11 is 6.14. The fourth-order valence-corrected chi connectivity index (χ4v) is 2.57. The standard InChI is InChI=1S/C15H21ClN2O2/c1-2-18(11-6-7-11)15(19)10-20-14-5-3-4-13(16)12(14)8-9-17/h3-5,11H,2,6-10,17H2,1H3. The summed E-state index contributed by atoms with van der Waals surface area (Å²) in [4.78, 5) is 14.0. The van der Waals surface area contributed by atoms with E-state index < -0.39 is 0 Å². The Morgan fingerprint density at radius 2 is 2.25 bits per heavy atom. The zero-order valence-corrected chi connectivity index (χ0v) is 12.5. The van der Waals surface area contributed by atoms with Gasteiger partial charge in [0.2, 0.25) is 0 Å². The number of benzene rings is 1. The summed E-state index contributed by atoms with van der Waals surface area (Å²) in [5, 5.41) is 0.634. The van der Waals surface area contributed by atoms with Crippen molar-refractivity contribution < 1.29 is 9.53 Å². The Morgan fingerprint density at radius 3 is 2.85 bits per heavy atom. The zero-order chi connectivity index (χ0) is 14.5. The van der Waals surface area contributed by atoms with Crippen LogP contribution in [-0.4, -0.2) is 36.5 Å². The molecule has 2 rings (SSSR count). The summed E-state index contributed by atoms with van der Waals surface area (Å²) < 4.78 is 5.66.